The van der Waals surface area contributed by atoms with E-state index in [1.165, 1.54) is 12.0 Å². The summed E-state index contributed by atoms with van der Waals surface area (Å²) >= 11 is 6.12. The Balaban J connectivity index is 1.03. The van der Waals surface area contributed by atoms with E-state index in [0.717, 1.165) is 82.2 Å². The minimum Gasteiger partial charge on any atom is -0.481 e. The number of nitrogens with one attached hydrogen (secondary N) is 1. The Kier molecular flexibility index (Phi) is 9.22. The van der Waals surface area contributed by atoms with Gasteiger partial charge in [0.25, 0.3) is 0 Å². The molecule has 55 heavy (non-hydrogen) atoms. The van der Waals surface area contributed by atoms with Gasteiger partial charge in [0.05, 0.1) is 22.4 Å². The fraction of sp³-hybridized carbons (Fsp3) is 0.804. The second-order valence-corrected chi connectivity index (χ2v) is 22.2. The predicted octanol–water partition coefficient (Wildman–Crippen LogP) is 9.74. The van der Waals surface area contributed by atoms with Crippen LogP contribution < -0.4 is 5.32 Å². The number of ether oxygens (including phenoxy) is 1. The lowest BCUT2D eigenvalue weighted by Gasteiger charge is -2.72. The third-order valence-corrected chi connectivity index (χ3v) is 18.7. The largest absolute Gasteiger partial charge is 0.481 e. The third kappa shape index (κ3) is 5.62. The number of halogens is 1. The van der Waals surface area contributed by atoms with Crippen LogP contribution in [0.25, 0.3) is 0 Å². The summed E-state index contributed by atoms with van der Waals surface area (Å²) in [5.74, 6) is 0.940. The van der Waals surface area contributed by atoms with E-state index in [4.69, 9.17) is 16.3 Å². The number of carbonyl (C=O) groups excluding carboxylic acids is 2. The van der Waals surface area contributed by atoms with Gasteiger partial charge in [0.15, 0.2) is 5.78 Å². The number of hydrogen-bond donors (Lipinski definition) is 2. The summed E-state index contributed by atoms with van der Waals surface area (Å²) in [6.07, 6.45) is 15.9. The van der Waals surface area contributed by atoms with Crippen LogP contribution in [0.15, 0.2) is 23.5 Å². The molecule has 7 aliphatic carbocycles. The van der Waals surface area contributed by atoms with Crippen molar-refractivity contribution in [1.29, 1.82) is 0 Å². The van der Waals surface area contributed by atoms with E-state index in [-0.39, 0.29) is 56.5 Å². The lowest BCUT2D eigenvalue weighted by Crippen LogP contribution is -2.66. The number of nitrogens with zero attached hydrogens (tertiary/aromatic N) is 2. The van der Waals surface area contributed by atoms with Crippen LogP contribution in [-0.4, -0.2) is 45.4 Å². The highest BCUT2D eigenvalue weighted by Crippen LogP contribution is 2.77. The molecule has 0 radical (unpaired) electrons. The second kappa shape index (κ2) is 12.8. The Morgan fingerprint density at radius 1 is 0.873 bits per heavy atom. The average molecular weight is 777 g/mol. The molecule has 7 aliphatic rings. The minimum absolute atomic E-state index is 0.0848. The van der Waals surface area contributed by atoms with Gasteiger partial charge in [-0.25, -0.2) is 9.97 Å². The number of ketones is 1. The first kappa shape index (κ1) is 39.5. The van der Waals surface area contributed by atoms with Gasteiger partial charge in [-0.3, -0.25) is 14.4 Å². The summed E-state index contributed by atoms with van der Waals surface area (Å²) in [4.78, 5) is 48.7. The molecule has 2 N–H and O–H groups in total. The quantitative estimate of drug-likeness (QED) is 0.238. The van der Waals surface area contributed by atoms with Crippen molar-refractivity contribution in [2.75, 3.05) is 6.54 Å². The number of Topliss-reactive ketones (excluding diaryl/α,β-unsaturated/α-hetero) is 1. The van der Waals surface area contributed by atoms with Crippen molar-refractivity contribution in [3.63, 3.8) is 0 Å². The van der Waals surface area contributed by atoms with Crippen LogP contribution in [0.1, 0.15) is 152 Å². The van der Waals surface area contributed by atoms with Crippen molar-refractivity contribution in [2.24, 2.45) is 68.0 Å². The lowest BCUT2D eigenvalue weighted by atomic mass is 9.33. The summed E-state index contributed by atoms with van der Waals surface area (Å²) in [5.41, 5.74) is 1.99. The monoisotopic (exact) mass is 775 g/mol. The number of carboxylic acids is 1. The molecule has 6 saturated carbocycles. The molecule has 0 saturated heterocycles. The Morgan fingerprint density at radius 2 is 1.56 bits per heavy atom. The van der Waals surface area contributed by atoms with Crippen LogP contribution in [-0.2, 0) is 24.7 Å². The number of hydrogen-bond acceptors (Lipinski definition) is 7. The number of rotatable bonds is 9. The SMILES string of the molecule is CC(C)C1=C2[C@H]3CC[C@@H]4[C@@]5(C)CC[C@H](OC(=O)[C@H]6C[C@@H](C(=O)O)C6(C)C)C(C)(C)[C@@H]5CC[C@@]4(C)[C@]3(C)CC[C@@]2(CCNC2(c3ncc(Cl)cn3)CC2)CC1=O. The maximum Gasteiger partial charge on any atom is 0.309 e. The van der Waals surface area contributed by atoms with E-state index in [2.05, 4.69) is 63.8 Å². The first-order valence-corrected chi connectivity index (χ1v) is 22.0. The van der Waals surface area contributed by atoms with E-state index in [9.17, 15) is 19.5 Å². The minimum atomic E-state index is -0.819. The van der Waals surface area contributed by atoms with Gasteiger partial charge in [-0.2, -0.15) is 0 Å². The first-order valence-electron chi connectivity index (χ1n) is 21.6. The van der Waals surface area contributed by atoms with Gasteiger partial charge >= 0.3 is 11.9 Å². The molecule has 0 aliphatic heterocycles. The molecule has 0 unspecified atom stereocenters. The van der Waals surface area contributed by atoms with Gasteiger partial charge in [-0.15, -0.1) is 0 Å². The second-order valence-electron chi connectivity index (χ2n) is 21.7. The molecule has 6 fully saturated rings. The van der Waals surface area contributed by atoms with Crippen molar-refractivity contribution < 1.29 is 24.2 Å². The predicted molar refractivity (Wildman–Crippen MR) is 213 cm³/mol. The number of aromatic nitrogens is 2. The maximum absolute atomic E-state index is 14.1. The Bertz CT molecular complexity index is 1800. The Labute approximate surface area is 334 Å². The van der Waals surface area contributed by atoms with Crippen molar-refractivity contribution >= 4 is 29.3 Å². The average Bonchev–Trinajstić information content (AvgIpc) is 3.81. The number of fused-ring (bicyclic) bond motifs is 7. The van der Waals surface area contributed by atoms with Crippen molar-refractivity contribution in [1.82, 2.24) is 15.3 Å². The smallest absolute Gasteiger partial charge is 0.309 e. The molecule has 10 atom stereocenters. The zero-order chi connectivity index (χ0) is 39.7. The third-order valence-electron chi connectivity index (χ3n) is 18.5. The summed E-state index contributed by atoms with van der Waals surface area (Å²) in [6.45, 7) is 21.6. The van der Waals surface area contributed by atoms with Gasteiger partial charge < -0.3 is 15.2 Å². The van der Waals surface area contributed by atoms with Crippen LogP contribution in [0.5, 0.6) is 0 Å². The fourth-order valence-electron chi connectivity index (χ4n) is 14.9. The van der Waals surface area contributed by atoms with E-state index in [0.29, 0.717) is 41.4 Å². The number of allylic oxidation sites excluding steroid dienone is 2. The zero-order valence-corrected chi connectivity index (χ0v) is 35.7. The van der Waals surface area contributed by atoms with E-state index >= 15 is 0 Å². The standard InChI is InChI=1S/C46H66ClN3O5/c1-26(2)35-31(51)23-45(20-21-50-46(18-19-46)39-48-24-27(47)25-49-39)17-16-43(8)28(36(35)45)10-11-33-42(7)14-13-34(41(5,6)32(42)12-15-44(33,43)9)55-38(54)30-22-29(37(52)53)40(30,3)4/h24-26,28-30,32-34,50H,10-23H2,1-9H3,(H,52,53)/t28-,29+,30-,32+,33-,34+,42+,43-,44-,45-/m1/s1. The highest BCUT2D eigenvalue weighted by Gasteiger charge is 2.70. The number of carboxylic acid groups (broad SMARTS) is 1. The Hall–Kier alpha value is -2.32. The van der Waals surface area contributed by atoms with Gasteiger partial charge in [0.1, 0.15) is 11.9 Å². The highest BCUT2D eigenvalue weighted by molar-refractivity contribution is 6.30. The number of carbonyl (C=O) groups is 3. The fourth-order valence-corrected chi connectivity index (χ4v) is 15.0. The molecule has 0 bridgehead atoms. The summed E-state index contributed by atoms with van der Waals surface area (Å²) in [6, 6.07) is 0. The summed E-state index contributed by atoms with van der Waals surface area (Å²) < 4.78 is 6.44. The number of esters is 1. The topological polar surface area (TPSA) is 118 Å². The molecule has 8 nitrogen and oxygen atoms in total. The highest BCUT2D eigenvalue weighted by atomic mass is 35.5. The molecule has 1 heterocycles. The van der Waals surface area contributed by atoms with Gasteiger partial charge in [-0.1, -0.05) is 79.5 Å². The zero-order valence-electron chi connectivity index (χ0n) is 34.9. The van der Waals surface area contributed by atoms with E-state index < -0.39 is 17.3 Å². The van der Waals surface area contributed by atoms with E-state index in [1.54, 1.807) is 12.4 Å². The molecule has 1 aromatic heterocycles. The summed E-state index contributed by atoms with van der Waals surface area (Å²) in [5, 5.41) is 14.1. The van der Waals surface area contributed by atoms with Crippen molar-refractivity contribution in [2.45, 2.75) is 157 Å². The molecular weight excluding hydrogens is 710 g/mol. The lowest BCUT2D eigenvalue weighted by molar-refractivity contribution is -0.236. The molecule has 302 valence electrons. The molecular formula is C46H66ClN3O5. The summed E-state index contributed by atoms with van der Waals surface area (Å²) in [7, 11) is 0. The molecule has 9 heteroatoms. The van der Waals surface area contributed by atoms with Crippen molar-refractivity contribution in [3.05, 3.63) is 34.4 Å². The molecule has 1 aromatic rings. The van der Waals surface area contributed by atoms with Gasteiger partial charge in [-0.05, 0) is 134 Å². The van der Waals surface area contributed by atoms with Gasteiger partial charge in [0, 0.05) is 29.6 Å². The van der Waals surface area contributed by atoms with Gasteiger partial charge in [0.2, 0.25) is 0 Å². The Morgan fingerprint density at radius 3 is 2.18 bits per heavy atom. The van der Waals surface area contributed by atoms with Crippen LogP contribution in [0.4, 0.5) is 0 Å². The molecule has 0 spiro atoms. The molecule has 0 aromatic carbocycles. The van der Waals surface area contributed by atoms with Crippen LogP contribution in [0, 0.1) is 68.0 Å². The van der Waals surface area contributed by atoms with Crippen molar-refractivity contribution in [3.8, 4) is 0 Å². The normalized spacial score (nSPS) is 42.1. The first-order chi connectivity index (χ1) is 25.7. The van der Waals surface area contributed by atoms with Crippen LogP contribution in [0.3, 0.4) is 0 Å². The van der Waals surface area contributed by atoms with E-state index in [1.807, 2.05) is 13.8 Å². The molecule has 0 amide bonds. The van der Waals surface area contributed by atoms with Crippen LogP contribution >= 0.6 is 11.6 Å². The van der Waals surface area contributed by atoms with Crippen LogP contribution in [0.2, 0.25) is 5.02 Å². The maximum atomic E-state index is 14.1. The molecule has 8 rings (SSSR count). The number of aliphatic carboxylic acids is 1.